The summed E-state index contributed by atoms with van der Waals surface area (Å²) in [7, 11) is 1.82. The Bertz CT molecular complexity index is 431. The molecule has 2 rings (SSSR count). The fourth-order valence-corrected chi connectivity index (χ4v) is 2.37. The lowest BCUT2D eigenvalue weighted by Crippen LogP contribution is -2.37. The van der Waals surface area contributed by atoms with Crippen LogP contribution in [0.25, 0.3) is 0 Å². The molecule has 17 heavy (non-hydrogen) atoms. The van der Waals surface area contributed by atoms with Crippen molar-refractivity contribution in [2.45, 2.75) is 12.5 Å². The summed E-state index contributed by atoms with van der Waals surface area (Å²) in [4.78, 5) is 14.0. The number of nitrogens with zero attached hydrogens (tertiary/aromatic N) is 1. The van der Waals surface area contributed by atoms with Gasteiger partial charge in [0.1, 0.15) is 0 Å². The van der Waals surface area contributed by atoms with Gasteiger partial charge in [0.05, 0.1) is 12.6 Å². The van der Waals surface area contributed by atoms with Gasteiger partial charge >= 0.3 is 0 Å². The monoisotopic (exact) mass is 346 g/mol. The van der Waals surface area contributed by atoms with Gasteiger partial charge in [-0.05, 0) is 47.2 Å². The minimum Gasteiger partial charge on any atom is -0.398 e. The van der Waals surface area contributed by atoms with Gasteiger partial charge in [0.15, 0.2) is 0 Å². The molecule has 0 aliphatic carbocycles. The number of carbonyl (C=O) groups excluding carboxylic acids is 1. The van der Waals surface area contributed by atoms with Crippen LogP contribution < -0.4 is 5.73 Å². The number of likely N-dealkylation sites (N-methyl/N-ethyl adjacent to an activating group) is 1. The number of anilines is 1. The summed E-state index contributed by atoms with van der Waals surface area (Å²) in [6.07, 6.45) is 0.911. The van der Waals surface area contributed by atoms with E-state index in [9.17, 15) is 4.79 Å². The predicted molar refractivity (Wildman–Crippen MR) is 74.9 cm³/mol. The molecule has 1 atom stereocenters. The second kappa shape index (κ2) is 5.22. The molecule has 1 unspecified atom stereocenters. The molecule has 0 radical (unpaired) electrons. The molecule has 1 fully saturated rings. The Morgan fingerprint density at radius 1 is 1.59 bits per heavy atom. The van der Waals surface area contributed by atoms with Gasteiger partial charge in [0.2, 0.25) is 0 Å². The number of nitrogen functional groups attached to an aromatic ring is 1. The highest BCUT2D eigenvalue weighted by atomic mass is 127. The molecule has 0 aromatic heterocycles. The Morgan fingerprint density at radius 2 is 2.35 bits per heavy atom. The largest absolute Gasteiger partial charge is 0.398 e. The van der Waals surface area contributed by atoms with Crippen molar-refractivity contribution in [1.82, 2.24) is 4.90 Å². The topological polar surface area (TPSA) is 55.6 Å². The molecule has 1 aromatic carbocycles. The lowest BCUT2D eigenvalue weighted by molar-refractivity contribution is 0.0711. The molecule has 1 aliphatic heterocycles. The lowest BCUT2D eigenvalue weighted by Gasteiger charge is -2.23. The highest BCUT2D eigenvalue weighted by molar-refractivity contribution is 14.1. The van der Waals surface area contributed by atoms with Crippen molar-refractivity contribution in [3.05, 3.63) is 27.3 Å². The molecule has 2 N–H and O–H groups in total. The molecule has 0 spiro atoms. The van der Waals surface area contributed by atoms with Gasteiger partial charge in [0.25, 0.3) is 5.91 Å². The van der Waals surface area contributed by atoms with Gasteiger partial charge in [-0.2, -0.15) is 0 Å². The van der Waals surface area contributed by atoms with Crippen LogP contribution in [-0.4, -0.2) is 37.1 Å². The van der Waals surface area contributed by atoms with E-state index in [0.29, 0.717) is 17.9 Å². The van der Waals surface area contributed by atoms with Gasteiger partial charge in [-0.1, -0.05) is 0 Å². The molecule has 1 amide bonds. The summed E-state index contributed by atoms with van der Waals surface area (Å²) >= 11 is 2.13. The van der Waals surface area contributed by atoms with Crippen molar-refractivity contribution in [3.63, 3.8) is 0 Å². The fourth-order valence-electron chi connectivity index (χ4n) is 1.86. The summed E-state index contributed by atoms with van der Waals surface area (Å²) in [5, 5.41) is 0. The first-order valence-electron chi connectivity index (χ1n) is 5.49. The van der Waals surface area contributed by atoms with E-state index in [-0.39, 0.29) is 11.9 Å². The summed E-state index contributed by atoms with van der Waals surface area (Å²) in [5.41, 5.74) is 7.12. The van der Waals surface area contributed by atoms with Crippen molar-refractivity contribution in [1.29, 1.82) is 0 Å². The number of benzene rings is 1. The third kappa shape index (κ3) is 2.71. The molecule has 92 valence electrons. The van der Waals surface area contributed by atoms with Crippen molar-refractivity contribution >= 4 is 34.2 Å². The normalized spacial score (nSPS) is 19.3. The average Bonchev–Trinajstić information content (AvgIpc) is 2.84. The summed E-state index contributed by atoms with van der Waals surface area (Å²) in [5.74, 6) is 0.0263. The number of ether oxygens (including phenoxy) is 1. The van der Waals surface area contributed by atoms with Crippen molar-refractivity contribution in [3.8, 4) is 0 Å². The number of rotatable bonds is 2. The van der Waals surface area contributed by atoms with Gasteiger partial charge < -0.3 is 15.4 Å². The zero-order valence-electron chi connectivity index (χ0n) is 9.65. The number of hydrogen-bond donors (Lipinski definition) is 1. The number of nitrogens with two attached hydrogens (primary N) is 1. The highest BCUT2D eigenvalue weighted by Gasteiger charge is 2.24. The van der Waals surface area contributed by atoms with Crippen LogP contribution in [0.1, 0.15) is 16.8 Å². The Hall–Kier alpha value is -0.820. The van der Waals surface area contributed by atoms with Gasteiger partial charge in [-0.3, -0.25) is 4.79 Å². The third-order valence-electron chi connectivity index (χ3n) is 3.02. The Morgan fingerprint density at radius 3 is 2.94 bits per heavy atom. The van der Waals surface area contributed by atoms with Gasteiger partial charge in [0, 0.05) is 28.5 Å². The number of halogens is 1. The standard InChI is InChI=1S/C12H15IN2O2/c1-15(9-4-5-17-7-9)12(16)8-2-3-11(14)10(13)6-8/h2-3,6,9H,4-5,7,14H2,1H3. The minimum absolute atomic E-state index is 0.0263. The second-order valence-corrected chi connectivity index (χ2v) is 5.33. The highest BCUT2D eigenvalue weighted by Crippen LogP contribution is 2.19. The molecule has 1 aromatic rings. The minimum atomic E-state index is 0.0263. The van der Waals surface area contributed by atoms with E-state index in [1.54, 1.807) is 17.0 Å². The van der Waals surface area contributed by atoms with Crippen LogP contribution in [-0.2, 0) is 4.74 Å². The first kappa shape index (κ1) is 12.6. The van der Waals surface area contributed by atoms with E-state index in [4.69, 9.17) is 10.5 Å². The third-order valence-corrected chi connectivity index (χ3v) is 3.96. The molecule has 1 saturated heterocycles. The molecule has 0 saturated carbocycles. The van der Waals surface area contributed by atoms with E-state index in [0.717, 1.165) is 16.6 Å². The van der Waals surface area contributed by atoms with Crippen LogP contribution in [0.5, 0.6) is 0 Å². The van der Waals surface area contributed by atoms with Crippen LogP contribution in [0.2, 0.25) is 0 Å². The van der Waals surface area contributed by atoms with Crippen molar-refractivity contribution in [2.75, 3.05) is 26.0 Å². The number of hydrogen-bond acceptors (Lipinski definition) is 3. The Balaban J connectivity index is 2.15. The molecule has 5 heteroatoms. The van der Waals surface area contributed by atoms with Crippen LogP contribution >= 0.6 is 22.6 Å². The van der Waals surface area contributed by atoms with Gasteiger partial charge in [-0.25, -0.2) is 0 Å². The average molecular weight is 346 g/mol. The SMILES string of the molecule is CN(C(=O)c1ccc(N)c(I)c1)C1CCOC1. The molecular formula is C12H15IN2O2. The van der Waals surface area contributed by atoms with E-state index in [2.05, 4.69) is 22.6 Å². The molecule has 4 nitrogen and oxygen atoms in total. The fraction of sp³-hybridized carbons (Fsp3) is 0.417. The summed E-state index contributed by atoms with van der Waals surface area (Å²) < 4.78 is 6.20. The first-order valence-corrected chi connectivity index (χ1v) is 6.57. The smallest absolute Gasteiger partial charge is 0.253 e. The zero-order chi connectivity index (χ0) is 12.4. The quantitative estimate of drug-likeness (QED) is 0.656. The van der Waals surface area contributed by atoms with Crippen LogP contribution in [0.3, 0.4) is 0 Å². The summed E-state index contributed by atoms with van der Waals surface area (Å²) in [6.45, 7) is 1.37. The van der Waals surface area contributed by atoms with E-state index >= 15 is 0 Å². The van der Waals surface area contributed by atoms with Crippen molar-refractivity contribution < 1.29 is 9.53 Å². The van der Waals surface area contributed by atoms with E-state index < -0.39 is 0 Å². The molecule has 1 aliphatic rings. The molecule has 1 heterocycles. The predicted octanol–water partition coefficient (Wildman–Crippen LogP) is 1.73. The maximum absolute atomic E-state index is 12.2. The van der Waals surface area contributed by atoms with Crippen LogP contribution in [0, 0.1) is 3.57 Å². The molecular weight excluding hydrogens is 331 g/mol. The first-order chi connectivity index (χ1) is 8.09. The molecule has 0 bridgehead atoms. The Kier molecular flexibility index (Phi) is 3.88. The van der Waals surface area contributed by atoms with Crippen LogP contribution in [0.4, 0.5) is 5.69 Å². The second-order valence-electron chi connectivity index (χ2n) is 4.17. The van der Waals surface area contributed by atoms with E-state index in [1.807, 2.05) is 13.1 Å². The number of carbonyl (C=O) groups is 1. The zero-order valence-corrected chi connectivity index (χ0v) is 11.8. The lowest BCUT2D eigenvalue weighted by atomic mass is 10.1. The van der Waals surface area contributed by atoms with E-state index in [1.165, 1.54) is 0 Å². The number of amides is 1. The maximum atomic E-state index is 12.2. The maximum Gasteiger partial charge on any atom is 0.253 e. The van der Waals surface area contributed by atoms with Crippen molar-refractivity contribution in [2.24, 2.45) is 0 Å². The Labute approximate surface area is 114 Å². The van der Waals surface area contributed by atoms with Crippen LogP contribution in [0.15, 0.2) is 18.2 Å². The summed E-state index contributed by atoms with van der Waals surface area (Å²) in [6, 6.07) is 5.56. The van der Waals surface area contributed by atoms with Gasteiger partial charge in [-0.15, -0.1) is 0 Å².